The van der Waals surface area contributed by atoms with Crippen molar-refractivity contribution in [3.8, 4) is 11.5 Å². The number of carbonyl (C=O) groups is 2. The molecule has 1 saturated heterocycles. The number of ether oxygens (including phenoxy) is 3. The SMILES string of the molecule is COC(=O)c1cccc(N2CC(=O)N(Cc3ccc(OC)cc3OC)S2(=O)=O)c1. The van der Waals surface area contributed by atoms with Crippen LogP contribution in [0.2, 0.25) is 0 Å². The Balaban J connectivity index is 1.92. The fraction of sp³-hybridized carbons (Fsp3) is 0.263. The smallest absolute Gasteiger partial charge is 0.337 e. The summed E-state index contributed by atoms with van der Waals surface area (Å²) in [5.41, 5.74) is 0.892. The Labute approximate surface area is 168 Å². The summed E-state index contributed by atoms with van der Waals surface area (Å²) in [5, 5.41) is 0. The molecule has 0 aromatic heterocycles. The highest BCUT2D eigenvalue weighted by atomic mass is 32.2. The van der Waals surface area contributed by atoms with Crippen molar-refractivity contribution >= 4 is 27.8 Å². The highest BCUT2D eigenvalue weighted by Crippen LogP contribution is 2.31. The van der Waals surface area contributed by atoms with Gasteiger partial charge in [-0.05, 0) is 30.3 Å². The van der Waals surface area contributed by atoms with Crippen molar-refractivity contribution in [3.63, 3.8) is 0 Å². The van der Waals surface area contributed by atoms with Crippen molar-refractivity contribution in [2.45, 2.75) is 6.54 Å². The Morgan fingerprint density at radius 1 is 1.07 bits per heavy atom. The number of esters is 1. The molecule has 2 aromatic carbocycles. The first-order valence-electron chi connectivity index (χ1n) is 8.54. The van der Waals surface area contributed by atoms with Gasteiger partial charge < -0.3 is 14.2 Å². The lowest BCUT2D eigenvalue weighted by molar-refractivity contribution is -0.124. The topological polar surface area (TPSA) is 102 Å². The third kappa shape index (κ3) is 3.83. The fourth-order valence-electron chi connectivity index (χ4n) is 2.97. The minimum atomic E-state index is -4.14. The average molecular weight is 420 g/mol. The second kappa shape index (κ2) is 8.00. The van der Waals surface area contributed by atoms with E-state index in [1.54, 1.807) is 18.2 Å². The molecule has 0 radical (unpaired) electrons. The largest absolute Gasteiger partial charge is 0.497 e. The molecule has 1 heterocycles. The van der Waals surface area contributed by atoms with Crippen LogP contribution in [0, 0.1) is 0 Å². The Bertz CT molecular complexity index is 1050. The summed E-state index contributed by atoms with van der Waals surface area (Å²) in [4.78, 5) is 24.3. The van der Waals surface area contributed by atoms with Gasteiger partial charge in [-0.2, -0.15) is 8.42 Å². The minimum Gasteiger partial charge on any atom is -0.497 e. The van der Waals surface area contributed by atoms with Gasteiger partial charge in [0.1, 0.15) is 18.0 Å². The number of amides is 1. The lowest BCUT2D eigenvalue weighted by Crippen LogP contribution is -2.34. The molecular formula is C19H20N2O7S. The molecule has 0 spiro atoms. The normalized spacial score (nSPS) is 15.3. The van der Waals surface area contributed by atoms with Crippen molar-refractivity contribution in [1.82, 2.24) is 4.31 Å². The highest BCUT2D eigenvalue weighted by molar-refractivity contribution is 7.91. The number of carbonyl (C=O) groups excluding carboxylic acids is 2. The molecule has 29 heavy (non-hydrogen) atoms. The molecular weight excluding hydrogens is 400 g/mol. The van der Waals surface area contributed by atoms with Gasteiger partial charge in [-0.25, -0.2) is 13.4 Å². The first-order valence-corrected chi connectivity index (χ1v) is 9.94. The van der Waals surface area contributed by atoms with E-state index in [1.807, 2.05) is 0 Å². The number of hydrogen-bond acceptors (Lipinski definition) is 7. The number of rotatable bonds is 6. The Hall–Kier alpha value is -3.27. The van der Waals surface area contributed by atoms with Crippen LogP contribution >= 0.6 is 0 Å². The van der Waals surface area contributed by atoms with Crippen LogP contribution in [0.3, 0.4) is 0 Å². The van der Waals surface area contributed by atoms with Gasteiger partial charge in [0, 0.05) is 11.6 Å². The van der Waals surface area contributed by atoms with Crippen LogP contribution in [-0.4, -0.2) is 52.5 Å². The number of methoxy groups -OCH3 is 3. The molecule has 0 bridgehead atoms. The van der Waals surface area contributed by atoms with E-state index in [2.05, 4.69) is 4.74 Å². The van der Waals surface area contributed by atoms with Gasteiger partial charge in [-0.3, -0.25) is 4.79 Å². The molecule has 1 aliphatic rings. The molecule has 1 aliphatic heterocycles. The van der Waals surface area contributed by atoms with Gasteiger partial charge in [0.2, 0.25) is 0 Å². The van der Waals surface area contributed by atoms with E-state index in [0.29, 0.717) is 17.1 Å². The summed E-state index contributed by atoms with van der Waals surface area (Å²) in [6.45, 7) is -0.563. The van der Waals surface area contributed by atoms with Gasteiger partial charge in [-0.15, -0.1) is 0 Å². The summed E-state index contributed by atoms with van der Waals surface area (Å²) in [6.07, 6.45) is 0. The predicted molar refractivity (Wildman–Crippen MR) is 104 cm³/mol. The maximum absolute atomic E-state index is 13.0. The number of benzene rings is 2. The van der Waals surface area contributed by atoms with Crippen LogP contribution in [0.5, 0.6) is 11.5 Å². The van der Waals surface area contributed by atoms with E-state index in [4.69, 9.17) is 9.47 Å². The second-order valence-corrected chi connectivity index (χ2v) is 7.91. The molecule has 0 aliphatic carbocycles. The number of hydrogen-bond donors (Lipinski definition) is 0. The molecule has 10 heteroatoms. The van der Waals surface area contributed by atoms with Gasteiger partial charge >= 0.3 is 16.2 Å². The molecule has 2 aromatic rings. The van der Waals surface area contributed by atoms with Crippen molar-refractivity contribution in [2.75, 3.05) is 32.2 Å². The lowest BCUT2D eigenvalue weighted by atomic mass is 10.2. The van der Waals surface area contributed by atoms with Crippen LogP contribution in [0.4, 0.5) is 5.69 Å². The third-order valence-electron chi connectivity index (χ3n) is 4.48. The van der Waals surface area contributed by atoms with E-state index >= 15 is 0 Å². The van der Waals surface area contributed by atoms with Gasteiger partial charge in [0.15, 0.2) is 0 Å². The summed E-state index contributed by atoms with van der Waals surface area (Å²) in [6, 6.07) is 10.8. The monoisotopic (exact) mass is 420 g/mol. The molecule has 154 valence electrons. The average Bonchev–Trinajstić information content (AvgIpc) is 2.96. The van der Waals surface area contributed by atoms with Crippen LogP contribution in [-0.2, 0) is 26.3 Å². The van der Waals surface area contributed by atoms with Crippen molar-refractivity contribution in [1.29, 1.82) is 0 Å². The number of anilines is 1. The van der Waals surface area contributed by atoms with E-state index in [0.717, 1.165) is 8.61 Å². The van der Waals surface area contributed by atoms with Gasteiger partial charge in [0.25, 0.3) is 5.91 Å². The zero-order chi connectivity index (χ0) is 21.2. The van der Waals surface area contributed by atoms with Crippen LogP contribution in [0.25, 0.3) is 0 Å². The molecule has 0 atom stereocenters. The zero-order valence-corrected chi connectivity index (χ0v) is 16.9. The molecule has 0 unspecified atom stereocenters. The molecule has 3 rings (SSSR count). The Morgan fingerprint density at radius 2 is 1.83 bits per heavy atom. The second-order valence-electron chi connectivity index (χ2n) is 6.13. The fourth-order valence-corrected chi connectivity index (χ4v) is 4.48. The van der Waals surface area contributed by atoms with Crippen LogP contribution in [0.15, 0.2) is 42.5 Å². The molecule has 1 fully saturated rings. The molecule has 0 N–H and O–H groups in total. The maximum Gasteiger partial charge on any atom is 0.337 e. The molecule has 9 nitrogen and oxygen atoms in total. The third-order valence-corrected chi connectivity index (χ3v) is 6.26. The zero-order valence-electron chi connectivity index (χ0n) is 16.1. The lowest BCUT2D eigenvalue weighted by Gasteiger charge is -2.21. The standard InChI is InChI=1S/C19H20N2O7S/c1-26-16-8-7-14(17(10-16)27-2)11-21-18(22)12-20(29(21,24)25)15-6-4-5-13(9-15)19(23)28-3/h4-10H,11-12H2,1-3H3. The van der Waals surface area contributed by atoms with Crippen LogP contribution < -0.4 is 13.8 Å². The van der Waals surface area contributed by atoms with Crippen molar-refractivity contribution < 1.29 is 32.2 Å². The van der Waals surface area contributed by atoms with E-state index < -0.39 is 22.1 Å². The summed E-state index contributed by atoms with van der Waals surface area (Å²) in [7, 11) is 0.0421. The summed E-state index contributed by atoms with van der Waals surface area (Å²) in [5.74, 6) is -0.248. The van der Waals surface area contributed by atoms with E-state index in [-0.39, 0.29) is 24.3 Å². The van der Waals surface area contributed by atoms with Crippen molar-refractivity contribution in [3.05, 3.63) is 53.6 Å². The van der Waals surface area contributed by atoms with Gasteiger partial charge in [0.05, 0.1) is 39.1 Å². The predicted octanol–water partition coefficient (Wildman–Crippen LogP) is 1.58. The van der Waals surface area contributed by atoms with Crippen molar-refractivity contribution in [2.24, 2.45) is 0 Å². The molecule has 1 amide bonds. The highest BCUT2D eigenvalue weighted by Gasteiger charge is 2.43. The Morgan fingerprint density at radius 3 is 2.48 bits per heavy atom. The molecule has 0 saturated carbocycles. The summed E-state index contributed by atoms with van der Waals surface area (Å²) < 4.78 is 42.9. The first kappa shape index (κ1) is 20.5. The maximum atomic E-state index is 13.0. The number of nitrogens with zero attached hydrogens (tertiary/aromatic N) is 2. The van der Waals surface area contributed by atoms with Crippen LogP contribution in [0.1, 0.15) is 15.9 Å². The quantitative estimate of drug-likeness (QED) is 0.654. The Kier molecular flexibility index (Phi) is 5.64. The summed E-state index contributed by atoms with van der Waals surface area (Å²) >= 11 is 0. The van der Waals surface area contributed by atoms with E-state index in [9.17, 15) is 18.0 Å². The van der Waals surface area contributed by atoms with Gasteiger partial charge in [-0.1, -0.05) is 6.07 Å². The minimum absolute atomic E-state index is 0.183. The first-order chi connectivity index (χ1) is 13.8. The van der Waals surface area contributed by atoms with E-state index in [1.165, 1.54) is 45.6 Å².